The molecule has 1 N–H and O–H groups in total. The molecule has 7 nitrogen and oxygen atoms in total. The van der Waals surface area contributed by atoms with E-state index >= 15 is 0 Å². The van der Waals surface area contributed by atoms with Gasteiger partial charge in [-0.2, -0.15) is 5.10 Å². The van der Waals surface area contributed by atoms with Crippen molar-refractivity contribution in [3.63, 3.8) is 0 Å². The summed E-state index contributed by atoms with van der Waals surface area (Å²) in [5.41, 5.74) is 4.51. The van der Waals surface area contributed by atoms with E-state index in [1.165, 1.54) is 0 Å². The maximum atomic E-state index is 13.5. The van der Waals surface area contributed by atoms with Crippen molar-refractivity contribution in [2.75, 3.05) is 16.8 Å². The minimum atomic E-state index is -3.12. The molecule has 2 aromatic heterocycles. The topological polar surface area (TPSA) is 93.9 Å². The molecule has 1 amide bonds. The number of nitrogens with zero attached hydrogens (tertiary/aromatic N) is 3. The van der Waals surface area contributed by atoms with Gasteiger partial charge >= 0.3 is 0 Å². The van der Waals surface area contributed by atoms with Crippen LogP contribution in [0.15, 0.2) is 54.6 Å². The maximum Gasteiger partial charge on any atom is 0.256 e. The van der Waals surface area contributed by atoms with Crippen LogP contribution in [0.2, 0.25) is 5.02 Å². The summed E-state index contributed by atoms with van der Waals surface area (Å²) in [6.45, 7) is 3.71. The van der Waals surface area contributed by atoms with Crippen LogP contribution in [0.4, 0.5) is 5.69 Å². The van der Waals surface area contributed by atoms with Crippen LogP contribution in [0.5, 0.6) is 0 Å². The van der Waals surface area contributed by atoms with E-state index in [-0.39, 0.29) is 23.5 Å². The van der Waals surface area contributed by atoms with Crippen molar-refractivity contribution in [1.29, 1.82) is 0 Å². The first kappa shape index (κ1) is 22.6. The average Bonchev–Trinajstić information content (AvgIpc) is 3.35. The highest BCUT2D eigenvalue weighted by Crippen LogP contribution is 2.32. The fourth-order valence-corrected chi connectivity index (χ4v) is 6.21. The molecule has 0 aliphatic carbocycles. The second kappa shape index (κ2) is 8.52. The van der Waals surface area contributed by atoms with Gasteiger partial charge in [0.2, 0.25) is 0 Å². The number of anilines is 1. The Kier molecular flexibility index (Phi) is 5.65. The van der Waals surface area contributed by atoms with Crippen LogP contribution in [0.3, 0.4) is 0 Å². The van der Waals surface area contributed by atoms with Crippen LogP contribution in [-0.4, -0.2) is 40.6 Å². The Labute approximate surface area is 202 Å². The van der Waals surface area contributed by atoms with Gasteiger partial charge in [-0.3, -0.25) is 4.79 Å². The molecule has 1 aliphatic rings. The summed E-state index contributed by atoms with van der Waals surface area (Å²) in [4.78, 5) is 18.3. The van der Waals surface area contributed by atoms with Crippen molar-refractivity contribution in [3.8, 4) is 11.3 Å². The first-order valence-corrected chi connectivity index (χ1v) is 13.1. The molecule has 1 atom stereocenters. The third kappa shape index (κ3) is 4.19. The van der Waals surface area contributed by atoms with Crippen LogP contribution in [-0.2, 0) is 9.84 Å². The smallest absolute Gasteiger partial charge is 0.256 e. The zero-order chi connectivity index (χ0) is 24.0. The number of hydrogen-bond donors (Lipinski definition) is 1. The van der Waals surface area contributed by atoms with Crippen molar-refractivity contribution in [2.45, 2.75) is 26.3 Å². The van der Waals surface area contributed by atoms with Gasteiger partial charge in [0.05, 0.1) is 39.9 Å². The second-order valence-corrected chi connectivity index (χ2v) is 11.3. The van der Waals surface area contributed by atoms with E-state index in [9.17, 15) is 13.2 Å². The van der Waals surface area contributed by atoms with Crippen molar-refractivity contribution in [3.05, 3.63) is 76.4 Å². The molecular formula is C25H23ClN4O3S. The monoisotopic (exact) mass is 494 g/mol. The maximum absolute atomic E-state index is 13.5. The first-order chi connectivity index (χ1) is 16.2. The molecule has 9 heteroatoms. The number of nitrogens with one attached hydrogen (secondary N) is 1. The highest BCUT2D eigenvalue weighted by molar-refractivity contribution is 7.91. The van der Waals surface area contributed by atoms with E-state index in [4.69, 9.17) is 16.6 Å². The molecule has 174 valence electrons. The largest absolute Gasteiger partial charge is 0.322 e. The SMILES string of the molecule is Cc1ccc(NC(=O)c2cc(-c3ccccc3)nc3c2c(C)nn3C2CCS(=O)(=O)C2)cc1Cl. The molecule has 3 heterocycles. The van der Waals surface area contributed by atoms with Crippen LogP contribution in [0, 0.1) is 13.8 Å². The number of halogens is 1. The predicted molar refractivity (Wildman–Crippen MR) is 134 cm³/mol. The zero-order valence-electron chi connectivity index (χ0n) is 18.7. The van der Waals surface area contributed by atoms with Gasteiger partial charge in [0.25, 0.3) is 5.91 Å². The molecule has 0 radical (unpaired) electrons. The second-order valence-electron chi connectivity index (χ2n) is 8.62. The highest BCUT2D eigenvalue weighted by Gasteiger charge is 2.32. The Bertz CT molecular complexity index is 1530. The molecule has 0 saturated carbocycles. The molecule has 5 rings (SSSR count). The van der Waals surface area contributed by atoms with Gasteiger partial charge in [-0.15, -0.1) is 0 Å². The lowest BCUT2D eigenvalue weighted by Gasteiger charge is -2.13. The lowest BCUT2D eigenvalue weighted by Crippen LogP contribution is -2.15. The normalized spacial score (nSPS) is 17.2. The fourth-order valence-electron chi connectivity index (χ4n) is 4.34. The van der Waals surface area contributed by atoms with E-state index in [2.05, 4.69) is 10.4 Å². The van der Waals surface area contributed by atoms with Gasteiger partial charge < -0.3 is 5.32 Å². The Morgan fingerprint density at radius 2 is 1.88 bits per heavy atom. The highest BCUT2D eigenvalue weighted by atomic mass is 35.5. The quantitative estimate of drug-likeness (QED) is 0.431. The molecule has 4 aromatic rings. The Balaban J connectivity index is 1.66. The van der Waals surface area contributed by atoms with E-state index < -0.39 is 9.84 Å². The molecule has 0 bridgehead atoms. The van der Waals surface area contributed by atoms with Crippen LogP contribution in [0.25, 0.3) is 22.3 Å². The molecule has 1 aliphatic heterocycles. The summed E-state index contributed by atoms with van der Waals surface area (Å²) in [5.74, 6) is -0.173. The number of carbonyl (C=O) groups is 1. The first-order valence-electron chi connectivity index (χ1n) is 10.9. The molecule has 1 unspecified atom stereocenters. The van der Waals surface area contributed by atoms with Gasteiger partial charge in [0.15, 0.2) is 15.5 Å². The van der Waals surface area contributed by atoms with E-state index in [0.717, 1.165) is 11.1 Å². The van der Waals surface area contributed by atoms with Gasteiger partial charge in [-0.1, -0.05) is 48.0 Å². The number of hydrogen-bond acceptors (Lipinski definition) is 5. The summed E-state index contributed by atoms with van der Waals surface area (Å²) in [6, 6.07) is 16.4. The Morgan fingerprint density at radius 3 is 2.56 bits per heavy atom. The number of rotatable bonds is 4. The number of sulfone groups is 1. The van der Waals surface area contributed by atoms with Crippen molar-refractivity contribution >= 4 is 44.1 Å². The third-order valence-corrected chi connectivity index (χ3v) is 8.29. The van der Waals surface area contributed by atoms with Crippen LogP contribution >= 0.6 is 11.6 Å². The molecule has 0 spiro atoms. The number of amides is 1. The van der Waals surface area contributed by atoms with Crippen molar-refractivity contribution in [2.24, 2.45) is 0 Å². The van der Waals surface area contributed by atoms with Gasteiger partial charge in [0.1, 0.15) is 0 Å². The number of aromatic nitrogens is 3. The van der Waals surface area contributed by atoms with Crippen LogP contribution in [0.1, 0.15) is 34.1 Å². The van der Waals surface area contributed by atoms with Crippen LogP contribution < -0.4 is 5.32 Å². The minimum absolute atomic E-state index is 0.0177. The molecule has 34 heavy (non-hydrogen) atoms. The minimum Gasteiger partial charge on any atom is -0.322 e. The van der Waals surface area contributed by atoms with Gasteiger partial charge in [-0.25, -0.2) is 18.1 Å². The number of benzene rings is 2. The summed E-state index contributed by atoms with van der Waals surface area (Å²) in [5, 5.41) is 8.74. The lowest BCUT2D eigenvalue weighted by molar-refractivity contribution is 0.102. The van der Waals surface area contributed by atoms with E-state index in [1.807, 2.05) is 50.2 Å². The Hall–Kier alpha value is -3.23. The lowest BCUT2D eigenvalue weighted by atomic mass is 10.0. The zero-order valence-corrected chi connectivity index (χ0v) is 20.3. The number of carbonyl (C=O) groups excluding carboxylic acids is 1. The molecule has 2 aromatic carbocycles. The summed E-state index contributed by atoms with van der Waals surface area (Å²) in [7, 11) is -3.12. The predicted octanol–water partition coefficient (Wildman–Crippen LogP) is 4.98. The van der Waals surface area contributed by atoms with Gasteiger partial charge in [0, 0.05) is 16.3 Å². The van der Waals surface area contributed by atoms with E-state index in [1.54, 1.807) is 22.9 Å². The molecule has 1 fully saturated rings. The summed E-state index contributed by atoms with van der Waals surface area (Å²) < 4.78 is 26.0. The average molecular weight is 495 g/mol. The van der Waals surface area contributed by atoms with Crippen molar-refractivity contribution in [1.82, 2.24) is 14.8 Å². The van der Waals surface area contributed by atoms with Crippen molar-refractivity contribution < 1.29 is 13.2 Å². The number of pyridine rings is 1. The summed E-state index contributed by atoms with van der Waals surface area (Å²) >= 11 is 6.24. The fraction of sp³-hybridized carbons (Fsp3) is 0.240. The number of fused-ring (bicyclic) bond motifs is 1. The molecular weight excluding hydrogens is 472 g/mol. The number of aryl methyl sites for hydroxylation is 2. The van der Waals surface area contributed by atoms with Gasteiger partial charge in [-0.05, 0) is 44.0 Å². The standard InChI is InChI=1S/C25H23ClN4O3S/c1-15-8-9-18(12-21(15)26)27-25(31)20-13-22(17-6-4-3-5-7-17)28-24-23(20)16(2)29-30(24)19-10-11-34(32,33)14-19/h3-9,12-13,19H,10-11,14H2,1-2H3,(H,27,31). The molecule has 1 saturated heterocycles. The Morgan fingerprint density at radius 1 is 1.12 bits per heavy atom. The summed E-state index contributed by atoms with van der Waals surface area (Å²) in [6.07, 6.45) is 0.471. The third-order valence-electron chi connectivity index (χ3n) is 6.14. The van der Waals surface area contributed by atoms with E-state index in [0.29, 0.717) is 45.1 Å².